The van der Waals surface area contributed by atoms with E-state index in [1.807, 2.05) is 0 Å². The summed E-state index contributed by atoms with van der Waals surface area (Å²) in [5, 5.41) is 3.62. The van der Waals surface area contributed by atoms with Gasteiger partial charge in [-0.05, 0) is 36.8 Å². The first kappa shape index (κ1) is 13.0. The minimum Gasteiger partial charge on any atom is -0.316 e. The molecule has 1 heteroatoms. The maximum Gasteiger partial charge on any atom is -0.00129 e. The van der Waals surface area contributed by atoms with E-state index in [0.717, 1.165) is 11.8 Å². The summed E-state index contributed by atoms with van der Waals surface area (Å²) in [5.74, 6) is 1.85. The lowest BCUT2D eigenvalue weighted by atomic mass is 9.72. The Morgan fingerprint density at radius 1 is 1.20 bits per heavy atom. The smallest absolute Gasteiger partial charge is 0.00129 e. The average Bonchev–Trinajstić information content (AvgIpc) is 2.63. The third kappa shape index (κ3) is 4.14. The first-order valence-corrected chi connectivity index (χ1v) is 6.76. The van der Waals surface area contributed by atoms with Gasteiger partial charge in [0.2, 0.25) is 0 Å². The monoisotopic (exact) mass is 211 g/mol. The van der Waals surface area contributed by atoms with E-state index in [1.54, 1.807) is 0 Å². The van der Waals surface area contributed by atoms with E-state index < -0.39 is 0 Å². The van der Waals surface area contributed by atoms with Crippen molar-refractivity contribution in [3.8, 4) is 0 Å². The molecule has 0 aromatic carbocycles. The highest BCUT2D eigenvalue weighted by molar-refractivity contribution is 4.84. The van der Waals surface area contributed by atoms with Crippen molar-refractivity contribution in [2.24, 2.45) is 17.3 Å². The Morgan fingerprint density at radius 2 is 1.80 bits per heavy atom. The topological polar surface area (TPSA) is 12.0 Å². The molecule has 1 atom stereocenters. The van der Waals surface area contributed by atoms with Crippen molar-refractivity contribution < 1.29 is 0 Å². The molecule has 1 N–H and O–H groups in total. The zero-order valence-corrected chi connectivity index (χ0v) is 11.1. The molecule has 0 saturated heterocycles. The van der Waals surface area contributed by atoms with Crippen LogP contribution in [-0.4, -0.2) is 13.1 Å². The second-order valence-corrected chi connectivity index (χ2v) is 6.22. The van der Waals surface area contributed by atoms with Gasteiger partial charge < -0.3 is 5.32 Å². The van der Waals surface area contributed by atoms with Crippen LogP contribution in [0.4, 0.5) is 0 Å². The van der Waals surface area contributed by atoms with Gasteiger partial charge in [-0.15, -0.1) is 0 Å². The molecule has 1 saturated carbocycles. The maximum absolute atomic E-state index is 3.62. The van der Waals surface area contributed by atoms with Crippen LogP contribution in [-0.2, 0) is 0 Å². The molecule has 0 aliphatic heterocycles. The summed E-state index contributed by atoms with van der Waals surface area (Å²) in [4.78, 5) is 0. The molecule has 0 bridgehead atoms. The quantitative estimate of drug-likeness (QED) is 0.681. The average molecular weight is 211 g/mol. The van der Waals surface area contributed by atoms with Crippen molar-refractivity contribution in [1.29, 1.82) is 0 Å². The predicted octanol–water partition coefficient (Wildman–Crippen LogP) is 3.84. The van der Waals surface area contributed by atoms with Crippen LogP contribution in [0, 0.1) is 17.3 Å². The molecule has 0 spiro atoms. The Balaban J connectivity index is 2.45. The van der Waals surface area contributed by atoms with Gasteiger partial charge in [0.15, 0.2) is 0 Å². The molecule has 1 aliphatic rings. The SMILES string of the molecule is CCCNCC(C1CCCC1)C(C)(C)C. The first-order chi connectivity index (χ1) is 7.05. The van der Waals surface area contributed by atoms with E-state index in [2.05, 4.69) is 33.0 Å². The normalized spacial score (nSPS) is 20.8. The molecule has 0 heterocycles. The van der Waals surface area contributed by atoms with Crippen molar-refractivity contribution in [2.45, 2.75) is 59.8 Å². The molecule has 1 aliphatic carbocycles. The summed E-state index contributed by atoms with van der Waals surface area (Å²) in [6, 6.07) is 0. The van der Waals surface area contributed by atoms with Gasteiger partial charge in [-0.2, -0.15) is 0 Å². The van der Waals surface area contributed by atoms with E-state index in [-0.39, 0.29) is 0 Å². The summed E-state index contributed by atoms with van der Waals surface area (Å²) in [6.45, 7) is 11.9. The minimum absolute atomic E-state index is 0.468. The number of rotatable bonds is 5. The third-order valence-electron chi connectivity index (χ3n) is 3.87. The molecular weight excluding hydrogens is 182 g/mol. The van der Waals surface area contributed by atoms with Gasteiger partial charge in [0.05, 0.1) is 0 Å². The Hall–Kier alpha value is -0.0400. The van der Waals surface area contributed by atoms with Crippen LogP contribution in [0.25, 0.3) is 0 Å². The summed E-state index contributed by atoms with van der Waals surface area (Å²) < 4.78 is 0. The zero-order valence-electron chi connectivity index (χ0n) is 11.1. The standard InChI is InChI=1S/C14H29N/c1-5-10-15-11-13(14(2,3)4)12-8-6-7-9-12/h12-13,15H,5-11H2,1-4H3. The number of hydrogen-bond acceptors (Lipinski definition) is 1. The Kier molecular flexibility index (Phi) is 5.11. The highest BCUT2D eigenvalue weighted by Crippen LogP contribution is 2.40. The maximum atomic E-state index is 3.62. The summed E-state index contributed by atoms with van der Waals surface area (Å²) >= 11 is 0. The van der Waals surface area contributed by atoms with Crippen molar-refractivity contribution in [3.63, 3.8) is 0 Å². The van der Waals surface area contributed by atoms with E-state index in [9.17, 15) is 0 Å². The lowest BCUT2D eigenvalue weighted by Crippen LogP contribution is -2.36. The second-order valence-electron chi connectivity index (χ2n) is 6.22. The largest absolute Gasteiger partial charge is 0.316 e. The van der Waals surface area contributed by atoms with E-state index in [0.29, 0.717) is 5.41 Å². The highest BCUT2D eigenvalue weighted by Gasteiger charge is 2.33. The molecular formula is C14H29N. The fraction of sp³-hybridized carbons (Fsp3) is 1.00. The highest BCUT2D eigenvalue weighted by atomic mass is 14.9. The van der Waals surface area contributed by atoms with E-state index in [1.165, 1.54) is 45.2 Å². The Morgan fingerprint density at radius 3 is 2.27 bits per heavy atom. The lowest BCUT2D eigenvalue weighted by Gasteiger charge is -2.35. The van der Waals surface area contributed by atoms with Gasteiger partial charge in [-0.3, -0.25) is 0 Å². The van der Waals surface area contributed by atoms with Crippen LogP contribution < -0.4 is 5.32 Å². The lowest BCUT2D eigenvalue weighted by molar-refractivity contribution is 0.156. The van der Waals surface area contributed by atoms with Crippen LogP contribution in [0.5, 0.6) is 0 Å². The van der Waals surface area contributed by atoms with Gasteiger partial charge in [-0.1, -0.05) is 53.4 Å². The summed E-state index contributed by atoms with van der Waals surface area (Å²) in [6.07, 6.45) is 7.11. The predicted molar refractivity (Wildman–Crippen MR) is 68.1 cm³/mol. The Labute approximate surface area is 96.0 Å². The molecule has 90 valence electrons. The van der Waals surface area contributed by atoms with Crippen LogP contribution in [0.15, 0.2) is 0 Å². The molecule has 1 rings (SSSR count). The van der Waals surface area contributed by atoms with Gasteiger partial charge >= 0.3 is 0 Å². The number of hydrogen-bond donors (Lipinski definition) is 1. The summed E-state index contributed by atoms with van der Waals surface area (Å²) in [7, 11) is 0. The molecule has 0 aromatic rings. The van der Waals surface area contributed by atoms with Crippen LogP contribution in [0.1, 0.15) is 59.8 Å². The van der Waals surface area contributed by atoms with Crippen molar-refractivity contribution >= 4 is 0 Å². The summed E-state index contributed by atoms with van der Waals surface area (Å²) in [5.41, 5.74) is 0.468. The molecule has 0 radical (unpaired) electrons. The van der Waals surface area contributed by atoms with Crippen LogP contribution >= 0.6 is 0 Å². The van der Waals surface area contributed by atoms with Gasteiger partial charge in [0, 0.05) is 0 Å². The molecule has 1 fully saturated rings. The number of nitrogens with one attached hydrogen (secondary N) is 1. The fourth-order valence-electron chi connectivity index (χ4n) is 2.97. The molecule has 15 heavy (non-hydrogen) atoms. The molecule has 1 nitrogen and oxygen atoms in total. The van der Waals surface area contributed by atoms with E-state index >= 15 is 0 Å². The molecule has 0 aromatic heterocycles. The first-order valence-electron chi connectivity index (χ1n) is 6.76. The molecule has 1 unspecified atom stereocenters. The van der Waals surface area contributed by atoms with Gasteiger partial charge in [0.25, 0.3) is 0 Å². The zero-order chi connectivity index (χ0) is 11.3. The van der Waals surface area contributed by atoms with Crippen molar-refractivity contribution in [1.82, 2.24) is 5.32 Å². The third-order valence-corrected chi connectivity index (χ3v) is 3.87. The van der Waals surface area contributed by atoms with Crippen molar-refractivity contribution in [2.75, 3.05) is 13.1 Å². The second kappa shape index (κ2) is 5.89. The van der Waals surface area contributed by atoms with E-state index in [4.69, 9.17) is 0 Å². The van der Waals surface area contributed by atoms with Gasteiger partial charge in [0.1, 0.15) is 0 Å². The molecule has 0 amide bonds. The van der Waals surface area contributed by atoms with Crippen LogP contribution in [0.3, 0.4) is 0 Å². The Bertz CT molecular complexity index is 163. The minimum atomic E-state index is 0.468. The fourth-order valence-corrected chi connectivity index (χ4v) is 2.97. The van der Waals surface area contributed by atoms with Crippen molar-refractivity contribution in [3.05, 3.63) is 0 Å². The van der Waals surface area contributed by atoms with Crippen LogP contribution in [0.2, 0.25) is 0 Å². The van der Waals surface area contributed by atoms with Gasteiger partial charge in [-0.25, -0.2) is 0 Å².